The lowest BCUT2D eigenvalue weighted by molar-refractivity contribution is -0.121. The second-order valence-electron chi connectivity index (χ2n) is 5.66. The number of hydrogen-bond acceptors (Lipinski definition) is 3. The Morgan fingerprint density at radius 1 is 1.17 bits per heavy atom. The van der Waals surface area contributed by atoms with Gasteiger partial charge in [-0.3, -0.25) is 14.2 Å². The molecule has 1 heterocycles. The number of amides is 1. The van der Waals surface area contributed by atoms with E-state index < -0.39 is 5.69 Å². The third-order valence-corrected chi connectivity index (χ3v) is 3.83. The fourth-order valence-electron chi connectivity index (χ4n) is 2.30. The van der Waals surface area contributed by atoms with Crippen molar-refractivity contribution in [2.45, 2.75) is 33.2 Å². The van der Waals surface area contributed by atoms with Crippen LogP contribution in [0.5, 0.6) is 0 Å². The topological polar surface area (TPSA) is 84.0 Å². The first-order valence-electron chi connectivity index (χ1n) is 7.49. The van der Waals surface area contributed by atoms with E-state index >= 15 is 0 Å². The summed E-state index contributed by atoms with van der Waals surface area (Å²) in [6.45, 7) is 4.14. The Hall–Kier alpha value is -2.63. The van der Waals surface area contributed by atoms with Crippen LogP contribution in [0.25, 0.3) is 0 Å². The number of nitrogens with one attached hydrogen (secondary N) is 2. The summed E-state index contributed by atoms with van der Waals surface area (Å²) >= 11 is 0. The largest absolute Gasteiger partial charge is 0.352 e. The first-order chi connectivity index (χ1) is 10.9. The molecule has 0 aliphatic heterocycles. The van der Waals surface area contributed by atoms with Crippen LogP contribution >= 0.6 is 0 Å². The minimum absolute atomic E-state index is 0.127. The van der Waals surface area contributed by atoms with E-state index in [1.54, 1.807) is 6.92 Å². The molecule has 1 aromatic carbocycles. The molecule has 0 unspecified atom stereocenters. The molecule has 0 spiro atoms. The lowest BCUT2D eigenvalue weighted by Crippen LogP contribution is -2.36. The Bertz CT molecular complexity index is 816. The molecule has 6 heteroatoms. The number of benzene rings is 1. The van der Waals surface area contributed by atoms with E-state index in [4.69, 9.17) is 0 Å². The van der Waals surface area contributed by atoms with Crippen molar-refractivity contribution in [1.29, 1.82) is 0 Å². The van der Waals surface area contributed by atoms with Crippen LogP contribution in [0.1, 0.15) is 28.8 Å². The van der Waals surface area contributed by atoms with Gasteiger partial charge in [-0.15, -0.1) is 0 Å². The number of nitrogens with zero attached hydrogens (tertiary/aromatic N) is 1. The first kappa shape index (κ1) is 16.7. The Labute approximate surface area is 134 Å². The predicted molar refractivity (Wildman–Crippen MR) is 88.4 cm³/mol. The van der Waals surface area contributed by atoms with E-state index in [0.29, 0.717) is 24.2 Å². The van der Waals surface area contributed by atoms with E-state index in [9.17, 15) is 14.4 Å². The van der Waals surface area contributed by atoms with E-state index in [0.717, 1.165) is 10.1 Å². The molecular weight excluding hydrogens is 294 g/mol. The van der Waals surface area contributed by atoms with Gasteiger partial charge in [0, 0.05) is 31.3 Å². The molecule has 0 aliphatic carbocycles. The number of aromatic amines is 1. The Kier molecular flexibility index (Phi) is 5.16. The third kappa shape index (κ3) is 4.18. The van der Waals surface area contributed by atoms with Gasteiger partial charge in [0.1, 0.15) is 0 Å². The molecule has 6 nitrogen and oxygen atoms in total. The fraction of sp³-hybridized carbons (Fsp3) is 0.353. The minimum atomic E-state index is -0.444. The van der Waals surface area contributed by atoms with Gasteiger partial charge in [-0.1, -0.05) is 29.8 Å². The van der Waals surface area contributed by atoms with Crippen LogP contribution in [-0.2, 0) is 24.8 Å². The zero-order valence-corrected chi connectivity index (χ0v) is 13.6. The second-order valence-corrected chi connectivity index (χ2v) is 5.66. The van der Waals surface area contributed by atoms with Crippen molar-refractivity contribution in [3.05, 3.63) is 67.5 Å². The fourth-order valence-corrected chi connectivity index (χ4v) is 2.30. The predicted octanol–water partition coefficient (Wildman–Crippen LogP) is 0.939. The molecule has 0 bridgehead atoms. The number of aryl methyl sites for hydroxylation is 2. The van der Waals surface area contributed by atoms with Crippen molar-refractivity contribution in [2.24, 2.45) is 7.05 Å². The Morgan fingerprint density at radius 3 is 2.48 bits per heavy atom. The van der Waals surface area contributed by atoms with Crippen molar-refractivity contribution in [2.75, 3.05) is 0 Å². The SMILES string of the molecule is Cc1ccc(CNC(=O)CCc2c(C)[nH]c(=O)n(C)c2=O)cc1. The summed E-state index contributed by atoms with van der Waals surface area (Å²) in [6.07, 6.45) is 0.503. The van der Waals surface area contributed by atoms with Gasteiger partial charge in [0.15, 0.2) is 0 Å². The van der Waals surface area contributed by atoms with Crippen LogP contribution in [0.2, 0.25) is 0 Å². The van der Waals surface area contributed by atoms with Crippen LogP contribution in [0.3, 0.4) is 0 Å². The molecule has 0 atom stereocenters. The van der Waals surface area contributed by atoms with E-state index in [1.807, 2.05) is 31.2 Å². The van der Waals surface area contributed by atoms with Crippen molar-refractivity contribution in [3.8, 4) is 0 Å². The minimum Gasteiger partial charge on any atom is -0.352 e. The van der Waals surface area contributed by atoms with Crippen LogP contribution < -0.4 is 16.6 Å². The van der Waals surface area contributed by atoms with Gasteiger partial charge in [0.05, 0.1) is 0 Å². The molecule has 0 radical (unpaired) electrons. The van der Waals surface area contributed by atoms with Gasteiger partial charge < -0.3 is 10.3 Å². The number of rotatable bonds is 5. The van der Waals surface area contributed by atoms with Gasteiger partial charge in [-0.2, -0.15) is 0 Å². The zero-order valence-electron chi connectivity index (χ0n) is 13.6. The average Bonchev–Trinajstić information content (AvgIpc) is 2.52. The van der Waals surface area contributed by atoms with Crippen LogP contribution in [0, 0.1) is 13.8 Å². The standard InChI is InChI=1S/C17H21N3O3/c1-11-4-6-13(7-5-11)10-18-15(21)9-8-14-12(2)19-17(23)20(3)16(14)22/h4-7H,8-10H2,1-3H3,(H,18,21)(H,19,23). The number of carbonyl (C=O) groups is 1. The van der Waals surface area contributed by atoms with Gasteiger partial charge in [-0.25, -0.2) is 4.79 Å². The smallest absolute Gasteiger partial charge is 0.328 e. The highest BCUT2D eigenvalue weighted by Gasteiger charge is 2.11. The van der Waals surface area contributed by atoms with Gasteiger partial charge in [-0.05, 0) is 25.8 Å². The average molecular weight is 315 g/mol. The second kappa shape index (κ2) is 7.09. The number of aromatic nitrogens is 2. The quantitative estimate of drug-likeness (QED) is 0.861. The highest BCUT2D eigenvalue weighted by molar-refractivity contribution is 5.76. The van der Waals surface area contributed by atoms with E-state index in [-0.39, 0.29) is 17.9 Å². The Morgan fingerprint density at radius 2 is 1.83 bits per heavy atom. The summed E-state index contributed by atoms with van der Waals surface area (Å²) in [7, 11) is 1.42. The van der Waals surface area contributed by atoms with Crippen LogP contribution in [-0.4, -0.2) is 15.5 Å². The number of H-pyrrole nitrogens is 1. The van der Waals surface area contributed by atoms with Crippen molar-refractivity contribution in [1.82, 2.24) is 14.9 Å². The summed E-state index contributed by atoms with van der Waals surface area (Å²) in [4.78, 5) is 38.1. The molecule has 0 fully saturated rings. The summed E-state index contributed by atoms with van der Waals surface area (Å²) in [5.41, 5.74) is 2.39. The molecule has 122 valence electrons. The highest BCUT2D eigenvalue weighted by atomic mass is 16.2. The molecular formula is C17H21N3O3. The molecule has 0 saturated heterocycles. The summed E-state index contributed by atoms with van der Waals surface area (Å²) in [5, 5.41) is 2.83. The molecule has 1 amide bonds. The maximum Gasteiger partial charge on any atom is 0.328 e. The maximum atomic E-state index is 12.0. The van der Waals surface area contributed by atoms with E-state index in [1.165, 1.54) is 12.6 Å². The third-order valence-electron chi connectivity index (χ3n) is 3.83. The summed E-state index contributed by atoms with van der Waals surface area (Å²) in [5.74, 6) is -0.127. The molecule has 0 saturated carbocycles. The summed E-state index contributed by atoms with van der Waals surface area (Å²) < 4.78 is 1.02. The van der Waals surface area contributed by atoms with Gasteiger partial charge in [0.25, 0.3) is 5.56 Å². The van der Waals surface area contributed by atoms with Crippen LogP contribution in [0.15, 0.2) is 33.9 Å². The summed E-state index contributed by atoms with van der Waals surface area (Å²) in [6, 6.07) is 7.93. The van der Waals surface area contributed by atoms with Gasteiger partial charge >= 0.3 is 5.69 Å². The number of hydrogen-bond donors (Lipinski definition) is 2. The first-order valence-corrected chi connectivity index (χ1v) is 7.49. The van der Waals surface area contributed by atoms with Gasteiger partial charge in [0.2, 0.25) is 5.91 Å². The molecule has 2 aromatic rings. The van der Waals surface area contributed by atoms with Crippen molar-refractivity contribution >= 4 is 5.91 Å². The monoisotopic (exact) mass is 315 g/mol. The van der Waals surface area contributed by atoms with E-state index in [2.05, 4.69) is 10.3 Å². The van der Waals surface area contributed by atoms with Crippen molar-refractivity contribution < 1.29 is 4.79 Å². The highest BCUT2D eigenvalue weighted by Crippen LogP contribution is 2.04. The molecule has 2 rings (SSSR count). The molecule has 23 heavy (non-hydrogen) atoms. The Balaban J connectivity index is 1.95. The molecule has 1 aromatic heterocycles. The molecule has 0 aliphatic rings. The number of carbonyl (C=O) groups excluding carboxylic acids is 1. The zero-order chi connectivity index (χ0) is 17.0. The maximum absolute atomic E-state index is 12.0. The van der Waals surface area contributed by atoms with Crippen molar-refractivity contribution in [3.63, 3.8) is 0 Å². The lowest BCUT2D eigenvalue weighted by Gasteiger charge is -2.08. The lowest BCUT2D eigenvalue weighted by atomic mass is 10.1. The van der Waals surface area contributed by atoms with Crippen LogP contribution in [0.4, 0.5) is 0 Å². The molecule has 2 N–H and O–H groups in total. The normalized spacial score (nSPS) is 10.6.